The van der Waals surface area contributed by atoms with Gasteiger partial charge in [-0.25, -0.2) is 9.97 Å². The lowest BCUT2D eigenvalue weighted by Gasteiger charge is -2.45. The fourth-order valence-corrected chi connectivity index (χ4v) is 9.78. The van der Waals surface area contributed by atoms with E-state index in [1.807, 2.05) is 12.1 Å². The van der Waals surface area contributed by atoms with E-state index in [1.54, 1.807) is 0 Å². The van der Waals surface area contributed by atoms with E-state index in [4.69, 9.17) is 9.97 Å². The summed E-state index contributed by atoms with van der Waals surface area (Å²) in [7, 11) is 0. The molecule has 9 aromatic carbocycles. The number of rotatable bonds is 5. The number of hydrogen-bond acceptors (Lipinski definition) is 3. The topological polar surface area (TPSA) is 29.0 Å². The fraction of sp³-hybridized carbons (Fsp3) is 0.0175. The van der Waals surface area contributed by atoms with Crippen molar-refractivity contribution < 1.29 is 0 Å². The lowest BCUT2D eigenvalue weighted by atomic mass is 9.64. The number of hydrogen-bond donors (Lipinski definition) is 0. The molecule has 0 N–H and O–H groups in total. The number of benzene rings is 9. The van der Waals surface area contributed by atoms with Gasteiger partial charge in [0, 0.05) is 22.4 Å². The van der Waals surface area contributed by atoms with E-state index in [0.29, 0.717) is 5.82 Å². The lowest BCUT2D eigenvalue weighted by Crippen LogP contribution is -2.36. The van der Waals surface area contributed by atoms with Crippen molar-refractivity contribution in [3.63, 3.8) is 0 Å². The number of anilines is 3. The minimum Gasteiger partial charge on any atom is -0.310 e. The molecule has 0 unspecified atom stereocenters. The summed E-state index contributed by atoms with van der Waals surface area (Å²) in [5.41, 5.74) is 18.0. The predicted molar refractivity (Wildman–Crippen MR) is 247 cm³/mol. The van der Waals surface area contributed by atoms with Gasteiger partial charge in [-0.05, 0) is 104 Å². The van der Waals surface area contributed by atoms with Crippen LogP contribution in [0.3, 0.4) is 0 Å². The first-order valence-corrected chi connectivity index (χ1v) is 20.6. The average molecular weight is 764 g/mol. The highest BCUT2D eigenvalue weighted by Gasteiger charge is 2.51. The van der Waals surface area contributed by atoms with Crippen LogP contribution in [0.4, 0.5) is 17.1 Å². The minimum atomic E-state index is -0.521. The molecule has 1 aliphatic carbocycles. The largest absolute Gasteiger partial charge is 0.310 e. The van der Waals surface area contributed by atoms with Crippen molar-refractivity contribution in [1.29, 1.82) is 0 Å². The monoisotopic (exact) mass is 763 g/mol. The zero-order chi connectivity index (χ0) is 39.6. The molecule has 3 heteroatoms. The van der Waals surface area contributed by atoms with Gasteiger partial charge in [0.25, 0.3) is 0 Å². The lowest BCUT2D eigenvalue weighted by molar-refractivity contribution is 0.753. The van der Waals surface area contributed by atoms with E-state index in [2.05, 4.69) is 217 Å². The smallest absolute Gasteiger partial charge is 0.160 e. The summed E-state index contributed by atoms with van der Waals surface area (Å²) in [5.74, 6) is 0.706. The zero-order valence-corrected chi connectivity index (χ0v) is 32.7. The summed E-state index contributed by atoms with van der Waals surface area (Å²) in [6, 6.07) is 81.1. The van der Waals surface area contributed by atoms with Crippen molar-refractivity contribution in [1.82, 2.24) is 9.97 Å². The molecule has 12 rings (SSSR count). The second kappa shape index (κ2) is 13.6. The fourth-order valence-electron chi connectivity index (χ4n) is 9.78. The Balaban J connectivity index is 1.03. The minimum absolute atomic E-state index is 0.521. The Bertz CT molecular complexity index is 3140. The normalized spacial score (nSPS) is 13.1. The van der Waals surface area contributed by atoms with Gasteiger partial charge in [0.2, 0.25) is 0 Å². The van der Waals surface area contributed by atoms with Crippen molar-refractivity contribution in [2.24, 2.45) is 0 Å². The molecule has 3 nitrogen and oxygen atoms in total. The molecule has 0 atom stereocenters. The third-order valence-corrected chi connectivity index (χ3v) is 12.5. The summed E-state index contributed by atoms with van der Waals surface area (Å²) in [5, 5.41) is 2.48. The van der Waals surface area contributed by atoms with Gasteiger partial charge < -0.3 is 4.90 Å². The van der Waals surface area contributed by atoms with Crippen LogP contribution in [-0.2, 0) is 5.41 Å². The van der Waals surface area contributed by atoms with E-state index in [1.165, 1.54) is 61.1 Å². The van der Waals surface area contributed by atoms with Gasteiger partial charge in [-0.1, -0.05) is 176 Å². The average Bonchev–Trinajstić information content (AvgIpc) is 3.60. The molecule has 2 aliphatic rings. The van der Waals surface area contributed by atoms with Gasteiger partial charge in [0.05, 0.1) is 28.2 Å². The zero-order valence-electron chi connectivity index (χ0n) is 32.7. The first kappa shape index (κ1) is 34.2. The molecular formula is C57H37N3. The maximum absolute atomic E-state index is 5.09. The molecule has 0 saturated carbocycles. The second-order valence-corrected chi connectivity index (χ2v) is 15.7. The Morgan fingerprint density at radius 3 is 1.42 bits per heavy atom. The van der Waals surface area contributed by atoms with Gasteiger partial charge in [-0.15, -0.1) is 0 Å². The van der Waals surface area contributed by atoms with Crippen molar-refractivity contribution in [2.45, 2.75) is 5.41 Å². The molecule has 0 amide bonds. The van der Waals surface area contributed by atoms with Crippen LogP contribution in [0.1, 0.15) is 22.3 Å². The second-order valence-electron chi connectivity index (χ2n) is 15.7. The van der Waals surface area contributed by atoms with Gasteiger partial charge in [0.1, 0.15) is 0 Å². The molecular weight excluding hydrogens is 727 g/mol. The van der Waals surface area contributed by atoms with Crippen LogP contribution in [0, 0.1) is 0 Å². The predicted octanol–water partition coefficient (Wildman–Crippen LogP) is 14.4. The van der Waals surface area contributed by atoms with E-state index in [9.17, 15) is 0 Å². The van der Waals surface area contributed by atoms with Gasteiger partial charge in [-0.3, -0.25) is 0 Å². The van der Waals surface area contributed by atoms with Gasteiger partial charge >= 0.3 is 0 Å². The Kier molecular flexibility index (Phi) is 7.76. The highest BCUT2D eigenvalue weighted by Crippen LogP contribution is 2.64. The number of nitrogens with zero attached hydrogens (tertiary/aromatic N) is 3. The first-order valence-electron chi connectivity index (χ1n) is 20.6. The molecule has 60 heavy (non-hydrogen) atoms. The van der Waals surface area contributed by atoms with E-state index in [0.717, 1.165) is 39.3 Å². The quantitative estimate of drug-likeness (QED) is 0.175. The number of para-hydroxylation sites is 3. The summed E-state index contributed by atoms with van der Waals surface area (Å²) in [6.07, 6.45) is 0. The summed E-state index contributed by atoms with van der Waals surface area (Å²) in [4.78, 5) is 12.6. The molecule has 1 aliphatic heterocycles. The van der Waals surface area contributed by atoms with Crippen LogP contribution in [0.2, 0.25) is 0 Å². The number of aromatic nitrogens is 2. The molecule has 10 aromatic rings. The summed E-state index contributed by atoms with van der Waals surface area (Å²) < 4.78 is 0. The third-order valence-electron chi connectivity index (χ3n) is 12.5. The van der Waals surface area contributed by atoms with E-state index in [-0.39, 0.29) is 0 Å². The van der Waals surface area contributed by atoms with E-state index >= 15 is 0 Å². The van der Waals surface area contributed by atoms with E-state index < -0.39 is 5.41 Å². The third kappa shape index (κ3) is 5.23. The summed E-state index contributed by atoms with van der Waals surface area (Å²) in [6.45, 7) is 0. The van der Waals surface area contributed by atoms with Crippen LogP contribution in [0.25, 0.3) is 66.9 Å². The molecule has 0 bridgehead atoms. The Hall–Kier alpha value is -7.88. The highest BCUT2D eigenvalue weighted by molar-refractivity contribution is 6.01. The molecule has 280 valence electrons. The van der Waals surface area contributed by atoms with Gasteiger partial charge in [0.15, 0.2) is 5.82 Å². The van der Waals surface area contributed by atoms with Crippen LogP contribution >= 0.6 is 0 Å². The van der Waals surface area contributed by atoms with Crippen molar-refractivity contribution in [3.05, 3.63) is 247 Å². The standard InChI is InChI=1S/C57H37N3/c1-4-16-39(17-5-1)52-37-53(40-18-6-2-7-19-40)59-56(58-52)41-30-28-38(29-31-41)44-32-33-48-46(35-44)47-34-42-20-10-11-21-43(42)36-51(47)57(48)49-24-12-14-26-54(49)60(45-22-8-3-9-23-45)55-27-15-13-25-50(55)57/h1-37H. The number of fused-ring (bicyclic) bond motifs is 10. The van der Waals surface area contributed by atoms with Crippen molar-refractivity contribution >= 4 is 27.8 Å². The Morgan fingerprint density at radius 2 is 0.800 bits per heavy atom. The van der Waals surface area contributed by atoms with Crippen LogP contribution in [-0.4, -0.2) is 9.97 Å². The summed E-state index contributed by atoms with van der Waals surface area (Å²) >= 11 is 0. The SMILES string of the molecule is c1ccc(-c2cc(-c3ccccc3)nc(-c3ccc(-c4ccc5c(c4)-c4cc6ccccc6cc4C54c5ccccc5N(c5ccccc5)c5ccccc54)cc3)n2)cc1. The highest BCUT2D eigenvalue weighted by atomic mass is 15.2. The molecule has 0 saturated heterocycles. The van der Waals surface area contributed by atoms with Crippen molar-refractivity contribution in [3.8, 4) is 56.2 Å². The molecule has 0 fully saturated rings. The first-order chi connectivity index (χ1) is 29.7. The molecule has 1 aromatic heterocycles. The molecule has 2 heterocycles. The van der Waals surface area contributed by atoms with Crippen molar-refractivity contribution in [2.75, 3.05) is 4.90 Å². The van der Waals surface area contributed by atoms with Crippen LogP contribution in [0.5, 0.6) is 0 Å². The van der Waals surface area contributed by atoms with Crippen LogP contribution < -0.4 is 4.90 Å². The maximum atomic E-state index is 5.09. The van der Waals surface area contributed by atoms with Gasteiger partial charge in [-0.2, -0.15) is 0 Å². The maximum Gasteiger partial charge on any atom is 0.160 e. The molecule has 1 spiro atoms. The Labute approximate surface area is 349 Å². The Morgan fingerprint density at radius 1 is 0.317 bits per heavy atom. The molecule has 0 radical (unpaired) electrons. The van der Waals surface area contributed by atoms with Crippen LogP contribution in [0.15, 0.2) is 224 Å².